The molecule has 1 N–H and O–H groups in total. The highest BCUT2D eigenvalue weighted by molar-refractivity contribution is 9.10. The Labute approximate surface area is 162 Å². The van der Waals surface area contributed by atoms with Crippen LogP contribution in [-0.4, -0.2) is 26.7 Å². The van der Waals surface area contributed by atoms with E-state index in [1.165, 1.54) is 0 Å². The molecular weight excluding hydrogens is 398 g/mol. The van der Waals surface area contributed by atoms with Crippen molar-refractivity contribution < 1.29 is 19.0 Å². The van der Waals surface area contributed by atoms with Gasteiger partial charge in [-0.3, -0.25) is 4.79 Å². The van der Waals surface area contributed by atoms with Gasteiger partial charge < -0.3 is 19.5 Å². The Morgan fingerprint density at radius 3 is 2.42 bits per heavy atom. The molecule has 2 aromatic carbocycles. The number of ether oxygens (including phenoxy) is 3. The minimum atomic E-state index is -0.181. The Morgan fingerprint density at radius 2 is 1.77 bits per heavy atom. The van der Waals surface area contributed by atoms with Crippen LogP contribution in [0.3, 0.4) is 0 Å². The normalized spacial score (nSPS) is 11.5. The molecule has 0 aliphatic carbocycles. The fraction of sp³-hybridized carbons (Fsp3) is 0.350. The van der Waals surface area contributed by atoms with E-state index in [1.807, 2.05) is 49.4 Å². The highest BCUT2D eigenvalue weighted by Crippen LogP contribution is 2.29. The number of halogens is 1. The fourth-order valence-corrected chi connectivity index (χ4v) is 2.79. The summed E-state index contributed by atoms with van der Waals surface area (Å²) in [5.41, 5.74) is 0.881. The van der Waals surface area contributed by atoms with E-state index in [9.17, 15) is 4.79 Å². The molecule has 140 valence electrons. The first-order valence-electron chi connectivity index (χ1n) is 8.43. The number of nitrogens with one attached hydrogen (secondary N) is 1. The summed E-state index contributed by atoms with van der Waals surface area (Å²) in [5, 5.41) is 2.99. The van der Waals surface area contributed by atoms with E-state index in [0.29, 0.717) is 19.4 Å². The topological polar surface area (TPSA) is 56.8 Å². The Bertz CT molecular complexity index is 718. The molecule has 0 spiro atoms. The van der Waals surface area contributed by atoms with Gasteiger partial charge in [-0.05, 0) is 55.8 Å². The zero-order chi connectivity index (χ0) is 18.9. The average Bonchev–Trinajstić information content (AvgIpc) is 2.66. The summed E-state index contributed by atoms with van der Waals surface area (Å²) in [7, 11) is 3.22. The lowest BCUT2D eigenvalue weighted by molar-refractivity contribution is -0.121. The second-order valence-electron chi connectivity index (χ2n) is 5.80. The van der Waals surface area contributed by atoms with Crippen LogP contribution in [0.4, 0.5) is 0 Å². The van der Waals surface area contributed by atoms with E-state index < -0.39 is 0 Å². The molecule has 0 saturated heterocycles. The number of hydrogen-bond acceptors (Lipinski definition) is 4. The smallest absolute Gasteiger partial charge is 0.220 e. The van der Waals surface area contributed by atoms with Crippen LogP contribution in [0.1, 0.15) is 31.4 Å². The van der Waals surface area contributed by atoms with Crippen LogP contribution in [0.25, 0.3) is 0 Å². The number of benzene rings is 2. The van der Waals surface area contributed by atoms with Crippen LogP contribution in [0.15, 0.2) is 46.9 Å². The third-order valence-electron chi connectivity index (χ3n) is 3.91. The predicted octanol–water partition coefficient (Wildman–Crippen LogP) is 4.50. The summed E-state index contributed by atoms with van der Waals surface area (Å²) in [5.74, 6) is 2.21. The van der Waals surface area contributed by atoms with Crippen LogP contribution < -0.4 is 19.5 Å². The van der Waals surface area contributed by atoms with E-state index in [2.05, 4.69) is 21.2 Å². The van der Waals surface area contributed by atoms with Gasteiger partial charge in [0, 0.05) is 16.5 Å². The fourth-order valence-electron chi connectivity index (χ4n) is 2.52. The minimum absolute atomic E-state index is 0.0261. The molecule has 5 nitrogen and oxygen atoms in total. The van der Waals surface area contributed by atoms with Gasteiger partial charge in [-0.25, -0.2) is 0 Å². The summed E-state index contributed by atoms with van der Waals surface area (Å²) in [6, 6.07) is 13.0. The zero-order valence-corrected chi connectivity index (χ0v) is 16.8. The third kappa shape index (κ3) is 5.95. The Hall–Kier alpha value is -2.21. The summed E-state index contributed by atoms with van der Waals surface area (Å²) in [6.45, 7) is 2.42. The second-order valence-corrected chi connectivity index (χ2v) is 6.72. The van der Waals surface area contributed by atoms with Crippen molar-refractivity contribution in [3.8, 4) is 17.2 Å². The van der Waals surface area contributed by atoms with E-state index in [-0.39, 0.29) is 11.9 Å². The number of carbonyl (C=O) groups is 1. The van der Waals surface area contributed by atoms with Gasteiger partial charge in [-0.15, -0.1) is 0 Å². The highest BCUT2D eigenvalue weighted by atomic mass is 79.9. The van der Waals surface area contributed by atoms with Gasteiger partial charge in [-0.1, -0.05) is 15.9 Å². The molecule has 0 unspecified atom stereocenters. The van der Waals surface area contributed by atoms with Crippen molar-refractivity contribution >= 4 is 21.8 Å². The van der Waals surface area contributed by atoms with Crippen molar-refractivity contribution in [2.45, 2.75) is 25.8 Å². The lowest BCUT2D eigenvalue weighted by Crippen LogP contribution is -2.27. The van der Waals surface area contributed by atoms with Crippen molar-refractivity contribution in [1.29, 1.82) is 0 Å². The van der Waals surface area contributed by atoms with Crippen molar-refractivity contribution in [1.82, 2.24) is 5.32 Å². The number of methoxy groups -OCH3 is 2. The molecule has 26 heavy (non-hydrogen) atoms. The molecule has 2 rings (SSSR count). The number of rotatable bonds is 9. The van der Waals surface area contributed by atoms with E-state index >= 15 is 0 Å². The monoisotopic (exact) mass is 421 g/mol. The van der Waals surface area contributed by atoms with Gasteiger partial charge in [0.2, 0.25) is 5.91 Å². The van der Waals surface area contributed by atoms with Crippen molar-refractivity contribution in [2.75, 3.05) is 20.8 Å². The molecule has 0 bridgehead atoms. The van der Waals surface area contributed by atoms with E-state index in [0.717, 1.165) is 27.3 Å². The average molecular weight is 422 g/mol. The Morgan fingerprint density at radius 1 is 1.08 bits per heavy atom. The van der Waals surface area contributed by atoms with E-state index in [4.69, 9.17) is 14.2 Å². The lowest BCUT2D eigenvalue weighted by Gasteiger charge is -2.18. The number of carbonyl (C=O) groups excluding carboxylic acids is 1. The largest absolute Gasteiger partial charge is 0.497 e. The van der Waals surface area contributed by atoms with Crippen molar-refractivity contribution in [3.05, 3.63) is 52.5 Å². The maximum Gasteiger partial charge on any atom is 0.220 e. The summed E-state index contributed by atoms with van der Waals surface area (Å²) < 4.78 is 17.3. The number of amides is 1. The van der Waals surface area contributed by atoms with Crippen molar-refractivity contribution in [2.24, 2.45) is 0 Å². The maximum atomic E-state index is 12.2. The van der Waals surface area contributed by atoms with Crippen LogP contribution in [0.2, 0.25) is 0 Å². The van der Waals surface area contributed by atoms with Crippen molar-refractivity contribution in [3.63, 3.8) is 0 Å². The standard InChI is InChI=1S/C20H24BrNO4/c1-14(18-13-17(24-2)10-11-19(18)25-3)22-20(23)5-4-12-26-16-8-6-15(21)7-9-16/h6-11,13-14H,4-5,12H2,1-3H3,(H,22,23)/t14-/m1/s1. The van der Waals surface area contributed by atoms with Gasteiger partial charge in [0.15, 0.2) is 0 Å². The SMILES string of the molecule is COc1ccc(OC)c([C@@H](C)NC(=O)CCCOc2ccc(Br)cc2)c1. The van der Waals surface area contributed by atoms with Crippen LogP contribution in [0.5, 0.6) is 17.2 Å². The Kier molecular flexibility index (Phi) is 7.78. The van der Waals surface area contributed by atoms with Gasteiger partial charge in [0.25, 0.3) is 0 Å². The molecule has 0 heterocycles. The van der Waals surface area contributed by atoms with Crippen LogP contribution in [0, 0.1) is 0 Å². The first-order chi connectivity index (χ1) is 12.5. The molecule has 0 aromatic heterocycles. The van der Waals surface area contributed by atoms with Gasteiger partial charge in [-0.2, -0.15) is 0 Å². The maximum absolute atomic E-state index is 12.2. The number of hydrogen-bond donors (Lipinski definition) is 1. The quantitative estimate of drug-likeness (QED) is 0.605. The van der Waals surface area contributed by atoms with Gasteiger partial charge in [0.1, 0.15) is 17.2 Å². The molecule has 0 fully saturated rings. The van der Waals surface area contributed by atoms with Crippen LogP contribution in [-0.2, 0) is 4.79 Å². The van der Waals surface area contributed by atoms with Crippen LogP contribution >= 0.6 is 15.9 Å². The molecule has 0 aliphatic heterocycles. The first kappa shape index (κ1) is 20.1. The molecule has 0 saturated carbocycles. The second kappa shape index (κ2) is 10.1. The summed E-state index contributed by atoms with van der Waals surface area (Å²) in [4.78, 5) is 12.2. The molecule has 0 aliphatic rings. The molecule has 1 amide bonds. The molecule has 1 atom stereocenters. The molecule has 6 heteroatoms. The third-order valence-corrected chi connectivity index (χ3v) is 4.44. The lowest BCUT2D eigenvalue weighted by atomic mass is 10.1. The molecule has 2 aromatic rings. The predicted molar refractivity (Wildman–Crippen MR) is 105 cm³/mol. The zero-order valence-electron chi connectivity index (χ0n) is 15.3. The van der Waals surface area contributed by atoms with Gasteiger partial charge in [0.05, 0.1) is 26.9 Å². The minimum Gasteiger partial charge on any atom is -0.497 e. The molecular formula is C20H24BrNO4. The van der Waals surface area contributed by atoms with Gasteiger partial charge >= 0.3 is 0 Å². The Balaban J connectivity index is 1.80. The first-order valence-corrected chi connectivity index (χ1v) is 9.22. The van der Waals surface area contributed by atoms with E-state index in [1.54, 1.807) is 14.2 Å². The summed E-state index contributed by atoms with van der Waals surface area (Å²) in [6.07, 6.45) is 1.04. The highest BCUT2D eigenvalue weighted by Gasteiger charge is 2.15. The summed E-state index contributed by atoms with van der Waals surface area (Å²) >= 11 is 3.38. The molecule has 0 radical (unpaired) electrons.